The van der Waals surface area contributed by atoms with Gasteiger partial charge in [0.2, 0.25) is 0 Å². The molecule has 2 aromatic carbocycles. The Morgan fingerprint density at radius 2 is 1.81 bits per heavy atom. The van der Waals surface area contributed by atoms with Gasteiger partial charge in [0.1, 0.15) is 16.5 Å². The third-order valence-electron chi connectivity index (χ3n) is 5.67. The molecule has 0 aliphatic heterocycles. The van der Waals surface area contributed by atoms with Crippen LogP contribution in [0.15, 0.2) is 53.3 Å². The first-order valence-electron chi connectivity index (χ1n) is 10.6. The van der Waals surface area contributed by atoms with Crippen molar-refractivity contribution in [2.24, 2.45) is 0 Å². The molecule has 2 aromatic heterocycles. The van der Waals surface area contributed by atoms with Crippen LogP contribution in [0, 0.1) is 12.7 Å². The molecule has 2 heterocycles. The van der Waals surface area contributed by atoms with Crippen LogP contribution in [0.5, 0.6) is 0 Å². The van der Waals surface area contributed by atoms with E-state index in [0.29, 0.717) is 17.8 Å². The maximum absolute atomic E-state index is 13.7. The summed E-state index contributed by atoms with van der Waals surface area (Å²) in [6.45, 7) is 10.8. The van der Waals surface area contributed by atoms with E-state index in [-0.39, 0.29) is 16.8 Å². The first-order chi connectivity index (χ1) is 14.7. The van der Waals surface area contributed by atoms with Gasteiger partial charge in [-0.2, -0.15) is 0 Å². The molecule has 0 N–H and O–H groups in total. The molecule has 0 aliphatic carbocycles. The third kappa shape index (κ3) is 4.07. The molecule has 0 saturated carbocycles. The average molecular weight is 435 g/mol. The summed E-state index contributed by atoms with van der Waals surface area (Å²) in [7, 11) is 0. The number of aromatic nitrogens is 2. The smallest absolute Gasteiger partial charge is 0.263 e. The van der Waals surface area contributed by atoms with Gasteiger partial charge in [0.05, 0.1) is 11.9 Å². The largest absolute Gasteiger partial charge is 0.292 e. The van der Waals surface area contributed by atoms with Gasteiger partial charge in [0.25, 0.3) is 5.56 Å². The standard InChI is InChI=1S/C26H27FN2OS/c1-6-21-22(18-10-12-19(13-11-18)26(3,4)5)23-24(31-21)28-16(2)29(25(23)30)15-17-8-7-9-20(27)14-17/h7-14H,6,15H2,1-5H3. The summed E-state index contributed by atoms with van der Waals surface area (Å²) in [4.78, 5) is 20.3. The lowest BCUT2D eigenvalue weighted by Crippen LogP contribution is -2.24. The molecule has 31 heavy (non-hydrogen) atoms. The van der Waals surface area contributed by atoms with Gasteiger partial charge in [-0.15, -0.1) is 11.3 Å². The summed E-state index contributed by atoms with van der Waals surface area (Å²) in [5, 5.41) is 0.660. The fraction of sp³-hybridized carbons (Fsp3) is 0.308. The van der Waals surface area contributed by atoms with E-state index in [1.807, 2.05) is 13.0 Å². The summed E-state index contributed by atoms with van der Waals surface area (Å²) in [5.74, 6) is 0.334. The molecule has 0 radical (unpaired) electrons. The van der Waals surface area contributed by atoms with E-state index in [0.717, 1.165) is 32.8 Å². The molecule has 0 fully saturated rings. The summed E-state index contributed by atoms with van der Waals surface area (Å²) in [6, 6.07) is 14.9. The minimum atomic E-state index is -0.305. The molecule has 0 unspecified atom stereocenters. The highest BCUT2D eigenvalue weighted by Crippen LogP contribution is 2.37. The van der Waals surface area contributed by atoms with E-state index in [1.165, 1.54) is 17.7 Å². The molecule has 4 aromatic rings. The maximum atomic E-state index is 13.7. The van der Waals surface area contributed by atoms with E-state index < -0.39 is 0 Å². The SMILES string of the molecule is CCc1sc2nc(C)n(Cc3cccc(F)c3)c(=O)c2c1-c1ccc(C(C)(C)C)cc1. The van der Waals surface area contributed by atoms with Crippen LogP contribution in [0.4, 0.5) is 4.39 Å². The van der Waals surface area contributed by atoms with Crippen LogP contribution in [0.1, 0.15) is 49.5 Å². The van der Waals surface area contributed by atoms with Gasteiger partial charge >= 0.3 is 0 Å². The van der Waals surface area contributed by atoms with Crippen LogP contribution in [0.2, 0.25) is 0 Å². The minimum Gasteiger partial charge on any atom is -0.292 e. The predicted molar refractivity (Wildman–Crippen MR) is 128 cm³/mol. The van der Waals surface area contributed by atoms with E-state index in [4.69, 9.17) is 4.98 Å². The lowest BCUT2D eigenvalue weighted by atomic mass is 9.86. The van der Waals surface area contributed by atoms with E-state index in [2.05, 4.69) is 52.0 Å². The zero-order valence-corrected chi connectivity index (χ0v) is 19.4. The van der Waals surface area contributed by atoms with Crippen molar-refractivity contribution >= 4 is 21.6 Å². The summed E-state index contributed by atoms with van der Waals surface area (Å²) in [6.07, 6.45) is 0.833. The molecule has 160 valence electrons. The number of fused-ring (bicyclic) bond motifs is 1. The van der Waals surface area contributed by atoms with Crippen molar-refractivity contribution in [3.05, 3.63) is 86.5 Å². The molecule has 4 rings (SSSR count). The van der Waals surface area contributed by atoms with Crippen LogP contribution in [-0.2, 0) is 18.4 Å². The number of thiophene rings is 1. The minimum absolute atomic E-state index is 0.0686. The normalized spacial score (nSPS) is 11.9. The zero-order valence-electron chi connectivity index (χ0n) is 18.6. The molecule has 0 saturated heterocycles. The van der Waals surface area contributed by atoms with Gasteiger partial charge in [-0.05, 0) is 47.6 Å². The Bertz CT molecular complexity index is 1310. The molecule has 0 spiro atoms. The number of halogens is 1. The molecule has 5 heteroatoms. The Morgan fingerprint density at radius 1 is 1.10 bits per heavy atom. The van der Waals surface area contributed by atoms with Crippen LogP contribution in [0.3, 0.4) is 0 Å². The van der Waals surface area contributed by atoms with Gasteiger partial charge in [0.15, 0.2) is 0 Å². The quantitative estimate of drug-likeness (QED) is 0.368. The van der Waals surface area contributed by atoms with E-state index >= 15 is 0 Å². The van der Waals surface area contributed by atoms with E-state index in [1.54, 1.807) is 22.0 Å². The fourth-order valence-corrected chi connectivity index (χ4v) is 5.10. The molecule has 0 aliphatic rings. The Morgan fingerprint density at radius 3 is 2.42 bits per heavy atom. The summed E-state index contributed by atoms with van der Waals surface area (Å²) >= 11 is 1.59. The zero-order chi connectivity index (χ0) is 22.3. The second-order valence-corrected chi connectivity index (χ2v) is 10.0. The first-order valence-corrected chi connectivity index (χ1v) is 11.4. The fourth-order valence-electron chi connectivity index (χ4n) is 3.93. The first kappa shape index (κ1) is 21.4. The second kappa shape index (κ2) is 8.04. The van der Waals surface area contributed by atoms with Gasteiger partial charge in [-0.3, -0.25) is 9.36 Å². The summed E-state index contributed by atoms with van der Waals surface area (Å²) in [5.41, 5.74) is 4.01. The van der Waals surface area contributed by atoms with Crippen LogP contribution < -0.4 is 5.56 Å². The molecule has 0 bridgehead atoms. The van der Waals surface area contributed by atoms with Crippen molar-refractivity contribution in [3.63, 3.8) is 0 Å². The molecule has 0 amide bonds. The van der Waals surface area contributed by atoms with Gasteiger partial charge in [-0.25, -0.2) is 9.37 Å². The molecular weight excluding hydrogens is 407 g/mol. The summed E-state index contributed by atoms with van der Waals surface area (Å²) < 4.78 is 15.3. The topological polar surface area (TPSA) is 34.9 Å². The highest BCUT2D eigenvalue weighted by Gasteiger charge is 2.21. The molecular formula is C26H27FN2OS. The molecule has 0 atom stereocenters. The van der Waals surface area contributed by atoms with Crippen LogP contribution >= 0.6 is 11.3 Å². The van der Waals surface area contributed by atoms with Crippen molar-refractivity contribution < 1.29 is 4.39 Å². The Balaban J connectivity index is 1.90. The Labute approximate surface area is 186 Å². The van der Waals surface area contributed by atoms with Crippen LogP contribution in [-0.4, -0.2) is 9.55 Å². The van der Waals surface area contributed by atoms with Crippen molar-refractivity contribution in [1.29, 1.82) is 0 Å². The monoisotopic (exact) mass is 434 g/mol. The Hall–Kier alpha value is -2.79. The van der Waals surface area contributed by atoms with Crippen molar-refractivity contribution in [2.45, 2.75) is 53.0 Å². The number of hydrogen-bond donors (Lipinski definition) is 0. The number of rotatable bonds is 4. The van der Waals surface area contributed by atoms with E-state index in [9.17, 15) is 9.18 Å². The van der Waals surface area contributed by atoms with Gasteiger partial charge < -0.3 is 0 Å². The van der Waals surface area contributed by atoms with Crippen molar-refractivity contribution in [2.75, 3.05) is 0 Å². The van der Waals surface area contributed by atoms with Crippen molar-refractivity contribution in [1.82, 2.24) is 9.55 Å². The van der Waals surface area contributed by atoms with Gasteiger partial charge in [0, 0.05) is 10.4 Å². The second-order valence-electron chi connectivity index (χ2n) is 8.94. The average Bonchev–Trinajstić information content (AvgIpc) is 3.09. The van der Waals surface area contributed by atoms with Crippen LogP contribution in [0.25, 0.3) is 21.3 Å². The lowest BCUT2D eigenvalue weighted by Gasteiger charge is -2.19. The van der Waals surface area contributed by atoms with Crippen molar-refractivity contribution in [3.8, 4) is 11.1 Å². The maximum Gasteiger partial charge on any atom is 0.263 e. The third-order valence-corrected chi connectivity index (χ3v) is 6.89. The highest BCUT2D eigenvalue weighted by molar-refractivity contribution is 7.19. The Kier molecular flexibility index (Phi) is 5.56. The molecule has 3 nitrogen and oxygen atoms in total. The van der Waals surface area contributed by atoms with Gasteiger partial charge in [-0.1, -0.05) is 64.1 Å². The number of aryl methyl sites for hydroxylation is 2. The number of hydrogen-bond acceptors (Lipinski definition) is 3. The predicted octanol–water partition coefficient (Wildman–Crippen LogP) is 6.48. The number of benzene rings is 2. The highest BCUT2D eigenvalue weighted by atomic mass is 32.1. The number of nitrogens with zero attached hydrogens (tertiary/aromatic N) is 2. The lowest BCUT2D eigenvalue weighted by molar-refractivity contribution is 0.590.